The molecule has 0 amide bonds. The van der Waals surface area contributed by atoms with E-state index < -0.39 is 0 Å². The minimum Gasteiger partial charge on any atom is -0.396 e. The van der Waals surface area contributed by atoms with Crippen LogP contribution in [0.5, 0.6) is 0 Å². The van der Waals surface area contributed by atoms with E-state index in [1.807, 2.05) is 0 Å². The van der Waals surface area contributed by atoms with Crippen LogP contribution in [0.3, 0.4) is 0 Å². The molecule has 2 heteroatoms. The van der Waals surface area contributed by atoms with Crippen molar-refractivity contribution < 1.29 is 5.11 Å². The first kappa shape index (κ1) is 14.0. The molecule has 0 aliphatic heterocycles. The first-order valence-electron chi connectivity index (χ1n) is 7.21. The molecule has 2 nitrogen and oxygen atoms in total. The van der Waals surface area contributed by atoms with Gasteiger partial charge in [0.05, 0.1) is 0 Å². The molecule has 1 atom stereocenters. The third-order valence-electron chi connectivity index (χ3n) is 3.78. The van der Waals surface area contributed by atoms with Gasteiger partial charge in [-0.25, -0.2) is 0 Å². The predicted octanol–water partition coefficient (Wildman–Crippen LogP) is 3.10. The smallest absolute Gasteiger partial charge is 0.0434 e. The van der Waals surface area contributed by atoms with Crippen LogP contribution in [0.25, 0.3) is 0 Å². The van der Waals surface area contributed by atoms with E-state index in [0.29, 0.717) is 12.5 Å². The summed E-state index contributed by atoms with van der Waals surface area (Å²) in [5.74, 6) is 0.679. The van der Waals surface area contributed by atoms with Gasteiger partial charge in [-0.1, -0.05) is 39.0 Å². The molecule has 1 saturated carbocycles. The quantitative estimate of drug-likeness (QED) is 0.655. The number of rotatable bonds is 7. The molecular weight excluding hydrogens is 198 g/mol. The molecule has 0 radical (unpaired) electrons. The highest BCUT2D eigenvalue weighted by Gasteiger charge is 2.14. The average molecular weight is 227 g/mol. The Labute approximate surface area is 101 Å². The second-order valence-electron chi connectivity index (χ2n) is 5.26. The number of aliphatic hydroxyl groups excluding tert-OH is 1. The molecule has 16 heavy (non-hydrogen) atoms. The zero-order valence-electron chi connectivity index (χ0n) is 10.9. The van der Waals surface area contributed by atoms with Crippen LogP contribution in [0.4, 0.5) is 0 Å². The molecule has 0 aromatic rings. The fraction of sp³-hybridized carbons (Fsp3) is 1.00. The van der Waals surface area contributed by atoms with Crippen LogP contribution in [0, 0.1) is 5.92 Å². The van der Waals surface area contributed by atoms with Crippen LogP contribution < -0.4 is 5.32 Å². The summed E-state index contributed by atoms with van der Waals surface area (Å²) in [6, 6.07) is 0.751. The molecule has 2 N–H and O–H groups in total. The lowest BCUT2D eigenvalue weighted by atomic mass is 9.99. The van der Waals surface area contributed by atoms with Gasteiger partial charge in [0.15, 0.2) is 0 Å². The molecule has 1 rings (SSSR count). The van der Waals surface area contributed by atoms with Gasteiger partial charge in [-0.05, 0) is 38.1 Å². The third kappa shape index (κ3) is 5.86. The zero-order valence-corrected chi connectivity index (χ0v) is 10.9. The lowest BCUT2D eigenvalue weighted by molar-refractivity contribution is 0.243. The molecule has 0 saturated heterocycles. The summed E-state index contributed by atoms with van der Waals surface area (Å²) in [5.41, 5.74) is 0. The Balaban J connectivity index is 2.18. The SMILES string of the molecule is CCCC(CCO)CNC1CCCCCC1. The zero-order chi connectivity index (χ0) is 11.6. The van der Waals surface area contributed by atoms with Gasteiger partial charge in [-0.15, -0.1) is 0 Å². The number of hydrogen-bond acceptors (Lipinski definition) is 2. The maximum atomic E-state index is 9.02. The Bertz CT molecular complexity index is 145. The van der Waals surface area contributed by atoms with E-state index in [1.54, 1.807) is 0 Å². The lowest BCUT2D eigenvalue weighted by Gasteiger charge is -2.21. The average Bonchev–Trinajstić information content (AvgIpc) is 2.55. The lowest BCUT2D eigenvalue weighted by Crippen LogP contribution is -2.33. The molecule has 1 unspecified atom stereocenters. The number of aliphatic hydroxyl groups is 1. The molecule has 1 aliphatic rings. The van der Waals surface area contributed by atoms with Crippen molar-refractivity contribution in [2.75, 3.05) is 13.2 Å². The van der Waals surface area contributed by atoms with Crippen molar-refractivity contribution in [2.24, 2.45) is 5.92 Å². The van der Waals surface area contributed by atoms with Crippen molar-refractivity contribution >= 4 is 0 Å². The van der Waals surface area contributed by atoms with Crippen LogP contribution in [-0.4, -0.2) is 24.3 Å². The number of hydrogen-bond donors (Lipinski definition) is 2. The fourth-order valence-corrected chi connectivity index (χ4v) is 2.76. The molecule has 0 bridgehead atoms. The topological polar surface area (TPSA) is 32.3 Å². The van der Waals surface area contributed by atoms with Gasteiger partial charge in [0.2, 0.25) is 0 Å². The van der Waals surface area contributed by atoms with E-state index in [4.69, 9.17) is 5.11 Å². The van der Waals surface area contributed by atoms with Gasteiger partial charge >= 0.3 is 0 Å². The summed E-state index contributed by atoms with van der Waals surface area (Å²) in [5, 5.41) is 12.7. The molecule has 1 aliphatic carbocycles. The summed E-state index contributed by atoms with van der Waals surface area (Å²) in [4.78, 5) is 0. The first-order chi connectivity index (χ1) is 7.86. The van der Waals surface area contributed by atoms with Gasteiger partial charge in [-0.3, -0.25) is 0 Å². The van der Waals surface area contributed by atoms with Gasteiger partial charge in [-0.2, -0.15) is 0 Å². The standard InChI is InChI=1S/C14H29NO/c1-2-7-13(10-11-16)12-15-14-8-5-3-4-6-9-14/h13-16H,2-12H2,1H3. The maximum absolute atomic E-state index is 9.02. The summed E-state index contributed by atoms with van der Waals surface area (Å²) < 4.78 is 0. The highest BCUT2D eigenvalue weighted by atomic mass is 16.3. The highest BCUT2D eigenvalue weighted by Crippen LogP contribution is 2.18. The van der Waals surface area contributed by atoms with Crippen LogP contribution in [-0.2, 0) is 0 Å². The van der Waals surface area contributed by atoms with Crippen LogP contribution in [0.2, 0.25) is 0 Å². The summed E-state index contributed by atoms with van der Waals surface area (Å²) in [6.45, 7) is 3.69. The Morgan fingerprint density at radius 2 is 1.81 bits per heavy atom. The van der Waals surface area contributed by atoms with E-state index in [2.05, 4.69) is 12.2 Å². The summed E-state index contributed by atoms with van der Waals surface area (Å²) in [6.07, 6.45) is 11.8. The molecule has 96 valence electrons. The van der Waals surface area contributed by atoms with Gasteiger partial charge in [0.25, 0.3) is 0 Å². The molecule has 0 spiro atoms. The Morgan fingerprint density at radius 3 is 2.38 bits per heavy atom. The van der Waals surface area contributed by atoms with E-state index in [1.165, 1.54) is 51.4 Å². The van der Waals surface area contributed by atoms with Crippen molar-refractivity contribution in [1.29, 1.82) is 0 Å². The minimum atomic E-state index is 0.344. The predicted molar refractivity (Wildman–Crippen MR) is 69.6 cm³/mol. The molecule has 1 fully saturated rings. The Morgan fingerprint density at radius 1 is 1.12 bits per heavy atom. The van der Waals surface area contributed by atoms with Crippen molar-refractivity contribution in [1.82, 2.24) is 5.32 Å². The summed E-state index contributed by atoms with van der Waals surface area (Å²) in [7, 11) is 0. The second-order valence-corrected chi connectivity index (χ2v) is 5.26. The second kappa shape index (κ2) is 9.00. The third-order valence-corrected chi connectivity index (χ3v) is 3.78. The summed E-state index contributed by atoms with van der Waals surface area (Å²) >= 11 is 0. The normalized spacial score (nSPS) is 20.6. The molecule has 0 aromatic carbocycles. The van der Waals surface area contributed by atoms with Crippen LogP contribution in [0.15, 0.2) is 0 Å². The fourth-order valence-electron chi connectivity index (χ4n) is 2.76. The van der Waals surface area contributed by atoms with E-state index in [0.717, 1.165) is 19.0 Å². The van der Waals surface area contributed by atoms with Crippen molar-refractivity contribution in [3.63, 3.8) is 0 Å². The van der Waals surface area contributed by atoms with Crippen molar-refractivity contribution in [3.05, 3.63) is 0 Å². The molecule has 0 aromatic heterocycles. The van der Waals surface area contributed by atoms with Crippen LogP contribution >= 0.6 is 0 Å². The van der Waals surface area contributed by atoms with Crippen molar-refractivity contribution in [2.45, 2.75) is 70.8 Å². The van der Waals surface area contributed by atoms with Gasteiger partial charge in [0.1, 0.15) is 0 Å². The van der Waals surface area contributed by atoms with E-state index >= 15 is 0 Å². The Hall–Kier alpha value is -0.0800. The monoisotopic (exact) mass is 227 g/mol. The minimum absolute atomic E-state index is 0.344. The van der Waals surface area contributed by atoms with Gasteiger partial charge in [0, 0.05) is 12.6 Å². The van der Waals surface area contributed by atoms with E-state index in [-0.39, 0.29) is 0 Å². The first-order valence-corrected chi connectivity index (χ1v) is 7.21. The van der Waals surface area contributed by atoms with E-state index in [9.17, 15) is 0 Å². The number of nitrogens with one attached hydrogen (secondary N) is 1. The Kier molecular flexibility index (Phi) is 7.87. The van der Waals surface area contributed by atoms with Crippen molar-refractivity contribution in [3.8, 4) is 0 Å². The molecular formula is C14H29NO. The maximum Gasteiger partial charge on any atom is 0.0434 e. The molecule has 0 heterocycles. The van der Waals surface area contributed by atoms with Crippen LogP contribution in [0.1, 0.15) is 64.7 Å². The largest absolute Gasteiger partial charge is 0.396 e. The van der Waals surface area contributed by atoms with Gasteiger partial charge < -0.3 is 10.4 Å². The highest BCUT2D eigenvalue weighted by molar-refractivity contribution is 4.72.